The lowest BCUT2D eigenvalue weighted by Crippen LogP contribution is -2.48. The van der Waals surface area contributed by atoms with E-state index >= 15 is 0 Å². The summed E-state index contributed by atoms with van der Waals surface area (Å²) in [4.78, 5) is 10.5. The first-order valence-corrected chi connectivity index (χ1v) is 9.88. The van der Waals surface area contributed by atoms with Crippen molar-refractivity contribution < 1.29 is 0 Å². The van der Waals surface area contributed by atoms with Crippen LogP contribution in [0.4, 0.5) is 0 Å². The standard InChI is InChI=1S/C20H24BrN3S/c1-15-11-16(2)22-19(12-15)13-20(25)24-9-7-23(8-10-24)14-17-3-5-18(21)6-4-17/h3-6,11-12H,7-10,13-14H2,1-2H3. The molecule has 2 aromatic rings. The molecule has 0 N–H and O–H groups in total. The number of halogens is 1. The van der Waals surface area contributed by atoms with E-state index in [1.54, 1.807) is 0 Å². The van der Waals surface area contributed by atoms with E-state index in [1.807, 2.05) is 6.92 Å². The van der Waals surface area contributed by atoms with Gasteiger partial charge in [-0.1, -0.05) is 40.3 Å². The maximum atomic E-state index is 5.69. The second-order valence-corrected chi connectivity index (χ2v) is 8.12. The number of pyridine rings is 1. The van der Waals surface area contributed by atoms with Crippen LogP contribution in [0.5, 0.6) is 0 Å². The molecule has 25 heavy (non-hydrogen) atoms. The third-order valence-corrected chi connectivity index (χ3v) is 5.46. The second-order valence-electron chi connectivity index (χ2n) is 6.74. The summed E-state index contributed by atoms with van der Waals surface area (Å²) in [6, 6.07) is 12.8. The van der Waals surface area contributed by atoms with E-state index < -0.39 is 0 Å². The Kier molecular flexibility index (Phi) is 6.20. The van der Waals surface area contributed by atoms with Crippen LogP contribution in [0.3, 0.4) is 0 Å². The van der Waals surface area contributed by atoms with E-state index in [9.17, 15) is 0 Å². The highest BCUT2D eigenvalue weighted by molar-refractivity contribution is 9.10. The van der Waals surface area contributed by atoms with Crippen molar-refractivity contribution in [3.8, 4) is 0 Å². The normalized spacial score (nSPS) is 15.4. The molecule has 0 bridgehead atoms. The quantitative estimate of drug-likeness (QED) is 0.695. The van der Waals surface area contributed by atoms with E-state index in [-0.39, 0.29) is 0 Å². The molecule has 5 heteroatoms. The molecule has 1 saturated heterocycles. The predicted octanol–water partition coefficient (Wildman–Crippen LogP) is 4.15. The fraction of sp³-hybridized carbons (Fsp3) is 0.400. The van der Waals surface area contributed by atoms with E-state index in [0.717, 1.165) is 60.0 Å². The lowest BCUT2D eigenvalue weighted by molar-refractivity contribution is 0.176. The molecule has 1 fully saturated rings. The summed E-state index contributed by atoms with van der Waals surface area (Å²) in [5.74, 6) is 0. The number of aromatic nitrogens is 1. The molecule has 0 atom stereocenters. The molecule has 3 nitrogen and oxygen atoms in total. The molecule has 1 aromatic heterocycles. The zero-order valence-corrected chi connectivity index (χ0v) is 17.2. The minimum Gasteiger partial charge on any atom is -0.363 e. The van der Waals surface area contributed by atoms with Crippen molar-refractivity contribution in [1.29, 1.82) is 0 Å². The Balaban J connectivity index is 1.51. The molecule has 132 valence electrons. The fourth-order valence-corrected chi connectivity index (χ4v) is 3.88. The lowest BCUT2D eigenvalue weighted by Gasteiger charge is -2.36. The fourth-order valence-electron chi connectivity index (χ4n) is 3.29. The van der Waals surface area contributed by atoms with Crippen LogP contribution < -0.4 is 0 Å². The SMILES string of the molecule is Cc1cc(C)nc(CC(=S)N2CCN(Cc3ccc(Br)cc3)CC2)c1. The largest absolute Gasteiger partial charge is 0.363 e. The van der Waals surface area contributed by atoms with Gasteiger partial charge >= 0.3 is 0 Å². The summed E-state index contributed by atoms with van der Waals surface area (Å²) in [5, 5.41) is 0. The Morgan fingerprint density at radius 2 is 1.76 bits per heavy atom. The third kappa shape index (κ3) is 5.33. The van der Waals surface area contributed by atoms with Crippen molar-refractivity contribution in [3.05, 3.63) is 63.4 Å². The van der Waals surface area contributed by atoms with Gasteiger partial charge in [0.15, 0.2) is 0 Å². The van der Waals surface area contributed by atoms with Crippen LogP contribution in [-0.4, -0.2) is 46.0 Å². The molecule has 0 saturated carbocycles. The molecular weight excluding hydrogens is 394 g/mol. The van der Waals surface area contributed by atoms with Gasteiger partial charge < -0.3 is 4.90 Å². The molecule has 3 rings (SSSR count). The van der Waals surface area contributed by atoms with Crippen LogP contribution in [0.25, 0.3) is 0 Å². The minimum atomic E-state index is 0.768. The number of aryl methyl sites for hydroxylation is 2. The van der Waals surface area contributed by atoms with Crippen LogP contribution in [0.1, 0.15) is 22.5 Å². The highest BCUT2D eigenvalue weighted by Gasteiger charge is 2.19. The van der Waals surface area contributed by atoms with Gasteiger partial charge in [0.25, 0.3) is 0 Å². The van der Waals surface area contributed by atoms with Crippen molar-refractivity contribution in [2.24, 2.45) is 0 Å². The first kappa shape index (κ1) is 18.5. The number of piperazine rings is 1. The topological polar surface area (TPSA) is 19.4 Å². The highest BCUT2D eigenvalue weighted by Crippen LogP contribution is 2.14. The Morgan fingerprint density at radius 1 is 1.08 bits per heavy atom. The van der Waals surface area contributed by atoms with Crippen LogP contribution >= 0.6 is 28.1 Å². The van der Waals surface area contributed by atoms with Crippen LogP contribution in [0.2, 0.25) is 0 Å². The number of hydrogen-bond acceptors (Lipinski definition) is 3. The van der Waals surface area contributed by atoms with Gasteiger partial charge in [0.05, 0.1) is 4.99 Å². The van der Waals surface area contributed by atoms with Crippen molar-refractivity contribution in [1.82, 2.24) is 14.8 Å². The molecule has 0 radical (unpaired) electrons. The zero-order valence-electron chi connectivity index (χ0n) is 14.8. The van der Waals surface area contributed by atoms with Crippen molar-refractivity contribution in [2.45, 2.75) is 26.8 Å². The van der Waals surface area contributed by atoms with Crippen LogP contribution in [0.15, 0.2) is 40.9 Å². The van der Waals surface area contributed by atoms with Crippen molar-refractivity contribution >= 4 is 33.1 Å². The molecule has 1 aliphatic rings. The Labute approximate surface area is 164 Å². The summed E-state index contributed by atoms with van der Waals surface area (Å²) < 4.78 is 1.13. The van der Waals surface area contributed by atoms with Gasteiger partial charge in [-0.25, -0.2) is 0 Å². The lowest BCUT2D eigenvalue weighted by atomic mass is 10.1. The van der Waals surface area contributed by atoms with Gasteiger partial charge in [0.2, 0.25) is 0 Å². The van der Waals surface area contributed by atoms with Gasteiger partial charge in [-0.05, 0) is 49.2 Å². The Hall–Kier alpha value is -1.30. The van der Waals surface area contributed by atoms with Gasteiger partial charge in [-0.3, -0.25) is 9.88 Å². The average molecular weight is 418 g/mol. The first-order valence-electron chi connectivity index (χ1n) is 8.68. The highest BCUT2D eigenvalue weighted by atomic mass is 79.9. The number of benzene rings is 1. The summed E-state index contributed by atoms with van der Waals surface area (Å²) >= 11 is 9.18. The molecule has 0 aliphatic carbocycles. The Morgan fingerprint density at radius 3 is 2.40 bits per heavy atom. The van der Waals surface area contributed by atoms with Crippen molar-refractivity contribution in [2.75, 3.05) is 26.2 Å². The molecule has 1 aliphatic heterocycles. The predicted molar refractivity (Wildman–Crippen MR) is 111 cm³/mol. The smallest absolute Gasteiger partial charge is 0.0840 e. The average Bonchev–Trinajstić information content (AvgIpc) is 2.56. The number of thiocarbonyl (C=S) groups is 1. The first-order chi connectivity index (χ1) is 12.0. The summed E-state index contributed by atoms with van der Waals surface area (Å²) in [6.45, 7) is 9.27. The number of rotatable bonds is 4. The second kappa shape index (κ2) is 8.39. The summed E-state index contributed by atoms with van der Waals surface area (Å²) in [6.07, 6.45) is 0.768. The minimum absolute atomic E-state index is 0.768. The molecule has 0 spiro atoms. The van der Waals surface area contributed by atoms with E-state index in [1.165, 1.54) is 11.1 Å². The van der Waals surface area contributed by atoms with Gasteiger partial charge in [-0.2, -0.15) is 0 Å². The number of nitrogens with zero attached hydrogens (tertiary/aromatic N) is 3. The molecular formula is C20H24BrN3S. The van der Waals surface area contributed by atoms with E-state index in [2.05, 4.69) is 74.0 Å². The summed E-state index contributed by atoms with van der Waals surface area (Å²) in [5.41, 5.74) is 4.76. The van der Waals surface area contributed by atoms with Crippen molar-refractivity contribution in [3.63, 3.8) is 0 Å². The van der Waals surface area contributed by atoms with Gasteiger partial charge in [0, 0.05) is 55.0 Å². The molecule has 2 heterocycles. The van der Waals surface area contributed by atoms with Gasteiger partial charge in [0.1, 0.15) is 0 Å². The monoisotopic (exact) mass is 417 g/mol. The van der Waals surface area contributed by atoms with Crippen LogP contribution in [-0.2, 0) is 13.0 Å². The molecule has 0 amide bonds. The zero-order chi connectivity index (χ0) is 17.8. The van der Waals surface area contributed by atoms with Gasteiger partial charge in [-0.15, -0.1) is 0 Å². The van der Waals surface area contributed by atoms with E-state index in [0.29, 0.717) is 0 Å². The summed E-state index contributed by atoms with van der Waals surface area (Å²) in [7, 11) is 0. The Bertz CT molecular complexity index is 717. The van der Waals surface area contributed by atoms with E-state index in [4.69, 9.17) is 12.2 Å². The van der Waals surface area contributed by atoms with Crippen LogP contribution in [0, 0.1) is 13.8 Å². The molecule has 0 unspecified atom stereocenters. The third-order valence-electron chi connectivity index (χ3n) is 4.53. The number of hydrogen-bond donors (Lipinski definition) is 0. The molecule has 1 aromatic carbocycles. The maximum Gasteiger partial charge on any atom is 0.0840 e. The maximum absolute atomic E-state index is 5.69.